The third-order valence-corrected chi connectivity index (χ3v) is 2.91. The molecule has 1 aromatic rings. The molecule has 0 bridgehead atoms. The molecule has 102 valence electrons. The third kappa shape index (κ3) is 4.67. The normalized spacial score (nSPS) is 9.79. The van der Waals surface area contributed by atoms with Gasteiger partial charge in [0.1, 0.15) is 4.99 Å². The molecule has 3 N–H and O–H groups in total. The van der Waals surface area contributed by atoms with Crippen LogP contribution in [0.15, 0.2) is 24.3 Å². The highest BCUT2D eigenvalue weighted by Crippen LogP contribution is 2.06. The highest BCUT2D eigenvalue weighted by atomic mass is 32.1. The Balaban J connectivity index is 2.61. The van der Waals surface area contributed by atoms with Crippen LogP contribution in [-0.2, 0) is 16.0 Å². The number of amides is 2. The maximum atomic E-state index is 11.9. The van der Waals surface area contributed by atoms with Crippen molar-refractivity contribution >= 4 is 29.0 Å². The van der Waals surface area contributed by atoms with E-state index in [0.717, 1.165) is 11.1 Å². The van der Waals surface area contributed by atoms with Gasteiger partial charge in [-0.1, -0.05) is 36.5 Å². The molecule has 0 saturated carbocycles. The monoisotopic (exact) mass is 279 g/mol. The summed E-state index contributed by atoms with van der Waals surface area (Å²) in [5.41, 5.74) is 7.12. The van der Waals surface area contributed by atoms with Gasteiger partial charge in [0.05, 0.1) is 13.0 Å². The molecule has 0 aliphatic heterocycles. The van der Waals surface area contributed by atoms with Gasteiger partial charge >= 0.3 is 0 Å². The van der Waals surface area contributed by atoms with Crippen LogP contribution in [0.1, 0.15) is 11.1 Å². The van der Waals surface area contributed by atoms with Gasteiger partial charge in [-0.15, -0.1) is 0 Å². The predicted octanol–water partition coefficient (Wildman–Crippen LogP) is 0.0677. The molecule has 0 aliphatic rings. The fourth-order valence-corrected chi connectivity index (χ4v) is 1.62. The molecular weight excluding hydrogens is 262 g/mol. The van der Waals surface area contributed by atoms with Crippen LogP contribution in [0.25, 0.3) is 0 Å². The summed E-state index contributed by atoms with van der Waals surface area (Å²) in [6.45, 7) is 0.0559. The van der Waals surface area contributed by atoms with Gasteiger partial charge in [-0.05, 0) is 5.56 Å². The van der Waals surface area contributed by atoms with Crippen molar-refractivity contribution in [2.24, 2.45) is 5.73 Å². The quantitative estimate of drug-likeness (QED) is 0.748. The zero-order valence-electron chi connectivity index (χ0n) is 11.0. The Hall–Kier alpha value is -1.95. The summed E-state index contributed by atoms with van der Waals surface area (Å²) in [5.74, 6) is -0.314. The molecule has 0 radical (unpaired) electrons. The molecule has 6 heteroatoms. The molecule has 0 saturated heterocycles. The number of nitrogens with zero attached hydrogens (tertiary/aromatic N) is 1. The number of thiocarbonyl (C=S) groups is 1. The molecule has 0 aromatic heterocycles. The lowest BCUT2D eigenvalue weighted by molar-refractivity contribution is -0.134. The smallest absolute Gasteiger partial charge is 0.239 e. The van der Waals surface area contributed by atoms with Crippen LogP contribution in [0.5, 0.6) is 0 Å². The maximum Gasteiger partial charge on any atom is 0.239 e. The number of rotatable bonds is 5. The number of likely N-dealkylation sites (N-methyl/N-ethyl adjacent to an activating group) is 2. The summed E-state index contributed by atoms with van der Waals surface area (Å²) >= 11 is 4.85. The van der Waals surface area contributed by atoms with Crippen molar-refractivity contribution in [3.8, 4) is 0 Å². The van der Waals surface area contributed by atoms with Gasteiger partial charge in [0.2, 0.25) is 11.8 Å². The van der Waals surface area contributed by atoms with Crippen molar-refractivity contribution < 1.29 is 9.59 Å². The minimum atomic E-state index is -0.195. The lowest BCUT2D eigenvalue weighted by Crippen LogP contribution is -2.37. The van der Waals surface area contributed by atoms with Gasteiger partial charge in [0, 0.05) is 19.7 Å². The number of benzene rings is 1. The maximum absolute atomic E-state index is 11.9. The number of hydrogen-bond donors (Lipinski definition) is 2. The van der Waals surface area contributed by atoms with Crippen molar-refractivity contribution in [3.05, 3.63) is 35.4 Å². The molecule has 2 amide bonds. The summed E-state index contributed by atoms with van der Waals surface area (Å²) in [5, 5.41) is 2.47. The van der Waals surface area contributed by atoms with E-state index in [4.69, 9.17) is 18.0 Å². The van der Waals surface area contributed by atoms with Gasteiger partial charge in [-0.3, -0.25) is 9.59 Å². The first-order valence-corrected chi connectivity index (χ1v) is 6.18. The van der Waals surface area contributed by atoms with Crippen molar-refractivity contribution in [2.45, 2.75) is 6.42 Å². The number of hydrogen-bond acceptors (Lipinski definition) is 3. The number of carbonyl (C=O) groups excluding carboxylic acids is 2. The topological polar surface area (TPSA) is 75.4 Å². The lowest BCUT2D eigenvalue weighted by atomic mass is 10.1. The molecule has 19 heavy (non-hydrogen) atoms. The molecule has 0 unspecified atom stereocenters. The number of nitrogens with two attached hydrogens (primary N) is 1. The van der Waals surface area contributed by atoms with Gasteiger partial charge in [-0.2, -0.15) is 0 Å². The molecule has 0 spiro atoms. The van der Waals surface area contributed by atoms with Crippen molar-refractivity contribution in [1.29, 1.82) is 0 Å². The molecule has 1 rings (SSSR count). The Bertz CT molecular complexity index is 485. The van der Waals surface area contributed by atoms with Gasteiger partial charge in [0.15, 0.2) is 0 Å². The van der Waals surface area contributed by atoms with Crippen LogP contribution in [0.2, 0.25) is 0 Å². The minimum Gasteiger partial charge on any atom is -0.389 e. The van der Waals surface area contributed by atoms with Crippen molar-refractivity contribution in [3.63, 3.8) is 0 Å². The molecule has 0 atom stereocenters. The SMILES string of the molecule is CNC(=O)CN(C)C(=O)Cc1ccc(C(N)=S)cc1. The van der Waals surface area contributed by atoms with E-state index in [-0.39, 0.29) is 24.8 Å². The summed E-state index contributed by atoms with van der Waals surface area (Å²) in [4.78, 5) is 24.8. The van der Waals surface area contributed by atoms with Gasteiger partial charge in [-0.25, -0.2) is 0 Å². The van der Waals surface area contributed by atoms with E-state index in [1.807, 2.05) is 0 Å². The molecule has 0 aliphatic carbocycles. The third-order valence-electron chi connectivity index (χ3n) is 2.68. The Kier molecular flexibility index (Phi) is 5.44. The largest absolute Gasteiger partial charge is 0.389 e. The zero-order valence-corrected chi connectivity index (χ0v) is 11.8. The summed E-state index contributed by atoms with van der Waals surface area (Å²) in [6.07, 6.45) is 0.241. The standard InChI is InChI=1S/C13H17N3O2S/c1-15-11(17)8-16(2)12(18)7-9-3-5-10(6-4-9)13(14)19/h3-6H,7-8H2,1-2H3,(H2,14,19)(H,15,17). The summed E-state index contributed by atoms with van der Waals surface area (Å²) in [7, 11) is 3.13. The van der Waals surface area contributed by atoms with Crippen LogP contribution in [0, 0.1) is 0 Å². The highest BCUT2D eigenvalue weighted by molar-refractivity contribution is 7.80. The average Bonchev–Trinajstić information content (AvgIpc) is 2.38. The second-order valence-corrected chi connectivity index (χ2v) is 4.60. The first kappa shape index (κ1) is 15.1. The Morgan fingerprint density at radius 3 is 2.37 bits per heavy atom. The predicted molar refractivity (Wildman–Crippen MR) is 77.7 cm³/mol. The van der Waals surface area contributed by atoms with Crippen LogP contribution in [0.3, 0.4) is 0 Å². The molecule has 1 aromatic carbocycles. The molecule has 5 nitrogen and oxygen atoms in total. The highest BCUT2D eigenvalue weighted by Gasteiger charge is 2.12. The van der Waals surface area contributed by atoms with E-state index in [2.05, 4.69) is 5.32 Å². The molecule has 0 heterocycles. The van der Waals surface area contributed by atoms with Gasteiger partial charge < -0.3 is 16.0 Å². The fourth-order valence-electron chi connectivity index (χ4n) is 1.48. The number of carbonyl (C=O) groups is 2. The average molecular weight is 279 g/mol. The van der Waals surface area contributed by atoms with Crippen LogP contribution >= 0.6 is 12.2 Å². The number of nitrogens with one attached hydrogen (secondary N) is 1. The summed E-state index contributed by atoms with van der Waals surface area (Å²) in [6, 6.07) is 7.17. The summed E-state index contributed by atoms with van der Waals surface area (Å²) < 4.78 is 0. The Labute approximate surface area is 117 Å². The van der Waals surface area contributed by atoms with Crippen LogP contribution in [-0.4, -0.2) is 42.3 Å². The van der Waals surface area contributed by atoms with Crippen molar-refractivity contribution in [2.75, 3.05) is 20.6 Å². The van der Waals surface area contributed by atoms with Crippen LogP contribution in [0.4, 0.5) is 0 Å². The Morgan fingerprint density at radius 1 is 1.32 bits per heavy atom. The van der Waals surface area contributed by atoms with E-state index in [0.29, 0.717) is 4.99 Å². The van der Waals surface area contributed by atoms with Crippen molar-refractivity contribution in [1.82, 2.24) is 10.2 Å². The van der Waals surface area contributed by atoms with E-state index in [1.165, 1.54) is 11.9 Å². The van der Waals surface area contributed by atoms with E-state index in [9.17, 15) is 9.59 Å². The minimum absolute atomic E-state index is 0.0559. The lowest BCUT2D eigenvalue weighted by Gasteiger charge is -2.16. The zero-order chi connectivity index (χ0) is 14.4. The second-order valence-electron chi connectivity index (χ2n) is 4.16. The fraction of sp³-hybridized carbons (Fsp3) is 0.308. The first-order chi connectivity index (χ1) is 8.93. The molecule has 0 fully saturated rings. The first-order valence-electron chi connectivity index (χ1n) is 5.77. The van der Waals surface area contributed by atoms with Crippen LogP contribution < -0.4 is 11.1 Å². The van der Waals surface area contributed by atoms with E-state index < -0.39 is 0 Å². The Morgan fingerprint density at radius 2 is 1.89 bits per heavy atom. The van der Waals surface area contributed by atoms with E-state index in [1.54, 1.807) is 31.3 Å². The van der Waals surface area contributed by atoms with E-state index >= 15 is 0 Å². The second kappa shape index (κ2) is 6.84. The molecular formula is C13H17N3O2S. The van der Waals surface area contributed by atoms with Gasteiger partial charge in [0.25, 0.3) is 0 Å².